The fraction of sp³-hybridized carbons (Fsp3) is 1.00. The van der Waals surface area contributed by atoms with Gasteiger partial charge in [-0.1, -0.05) is 0 Å². The molecule has 2 unspecified atom stereocenters. The molecule has 0 bridgehead atoms. The highest BCUT2D eigenvalue weighted by atomic mass is 35.5. The Hall–Kier alpha value is 1.12. The summed E-state index contributed by atoms with van der Waals surface area (Å²) >= 11 is 22.5. The van der Waals surface area contributed by atoms with E-state index in [0.29, 0.717) is 24.6 Å². The van der Waals surface area contributed by atoms with Gasteiger partial charge < -0.3 is 0 Å². The zero-order valence-electron chi connectivity index (χ0n) is 5.99. The van der Waals surface area contributed by atoms with Crippen molar-refractivity contribution in [3.63, 3.8) is 0 Å². The second-order valence-corrected chi connectivity index (χ2v) is 3.87. The molecule has 0 rings (SSSR count). The van der Waals surface area contributed by atoms with E-state index in [9.17, 15) is 0 Å². The molecule has 68 valence electrons. The molecule has 0 radical (unpaired) electrons. The van der Waals surface area contributed by atoms with Crippen molar-refractivity contribution < 1.29 is 0 Å². The SMILES string of the molecule is ClCCC(Cl)NC(Cl)CCCl. The summed E-state index contributed by atoms with van der Waals surface area (Å²) in [5.41, 5.74) is -0.309. The highest BCUT2D eigenvalue weighted by Crippen LogP contribution is 2.06. The number of rotatable bonds is 6. The predicted molar refractivity (Wildman–Crippen MR) is 53.1 cm³/mol. The molecule has 0 aliphatic carbocycles. The van der Waals surface area contributed by atoms with Crippen LogP contribution in [0.15, 0.2) is 0 Å². The Kier molecular flexibility index (Phi) is 8.54. The highest BCUT2D eigenvalue weighted by Gasteiger charge is 2.08. The molecule has 0 aromatic rings. The average Bonchev–Trinajstić information content (AvgIpc) is 1.87. The van der Waals surface area contributed by atoms with Crippen molar-refractivity contribution in [1.29, 1.82) is 0 Å². The number of nitrogens with one attached hydrogen (secondary N) is 1. The van der Waals surface area contributed by atoms with Crippen molar-refractivity contribution in [3.05, 3.63) is 0 Å². The van der Waals surface area contributed by atoms with Crippen molar-refractivity contribution in [2.45, 2.75) is 23.8 Å². The second-order valence-electron chi connectivity index (χ2n) is 2.06. The number of hydrogen-bond donors (Lipinski definition) is 1. The zero-order chi connectivity index (χ0) is 8.69. The molecule has 1 N–H and O–H groups in total. The maximum Gasteiger partial charge on any atom is 0.0848 e. The molecule has 0 saturated carbocycles. The largest absolute Gasteiger partial charge is 0.285 e. The topological polar surface area (TPSA) is 12.0 Å². The van der Waals surface area contributed by atoms with Gasteiger partial charge >= 0.3 is 0 Å². The standard InChI is InChI=1S/C6H11Cl4N/c7-3-1-5(9)11-6(10)2-4-8/h5-6,11H,1-4H2. The first kappa shape index (κ1) is 12.1. The fourth-order valence-electron chi connectivity index (χ4n) is 0.554. The summed E-state index contributed by atoms with van der Waals surface area (Å²) in [6.07, 6.45) is 1.41. The first-order valence-corrected chi connectivity index (χ1v) is 5.31. The van der Waals surface area contributed by atoms with Crippen LogP contribution in [0.5, 0.6) is 0 Å². The monoisotopic (exact) mass is 237 g/mol. The molecule has 0 aromatic heterocycles. The van der Waals surface area contributed by atoms with Gasteiger partial charge in [-0.3, -0.25) is 5.32 Å². The second kappa shape index (κ2) is 7.75. The Morgan fingerprint density at radius 1 is 0.909 bits per heavy atom. The molecule has 1 nitrogen and oxygen atoms in total. The molecule has 2 atom stereocenters. The first-order chi connectivity index (χ1) is 5.20. The molecule has 0 aliphatic heterocycles. The van der Waals surface area contributed by atoms with Crippen LogP contribution in [0.1, 0.15) is 12.8 Å². The van der Waals surface area contributed by atoms with Crippen LogP contribution < -0.4 is 5.32 Å². The third-order valence-corrected chi connectivity index (χ3v) is 2.21. The summed E-state index contributed by atoms with van der Waals surface area (Å²) in [5.74, 6) is 1.07. The lowest BCUT2D eigenvalue weighted by molar-refractivity contribution is 0.581. The van der Waals surface area contributed by atoms with Gasteiger partial charge in [0.2, 0.25) is 0 Å². The molecule has 11 heavy (non-hydrogen) atoms. The van der Waals surface area contributed by atoms with Crippen molar-refractivity contribution in [3.8, 4) is 0 Å². The smallest absolute Gasteiger partial charge is 0.0848 e. The molecule has 0 amide bonds. The van der Waals surface area contributed by atoms with Gasteiger partial charge in [-0.2, -0.15) is 0 Å². The van der Waals surface area contributed by atoms with Gasteiger partial charge in [-0.05, 0) is 12.8 Å². The molecule has 0 aliphatic rings. The lowest BCUT2D eigenvalue weighted by Gasteiger charge is -2.14. The van der Waals surface area contributed by atoms with Gasteiger partial charge in [0.25, 0.3) is 0 Å². The summed E-state index contributed by atoms with van der Waals surface area (Å²) in [5, 5.41) is 2.94. The van der Waals surface area contributed by atoms with E-state index in [1.54, 1.807) is 0 Å². The van der Waals surface area contributed by atoms with Crippen LogP contribution in [-0.2, 0) is 0 Å². The van der Waals surface area contributed by atoms with Crippen LogP contribution in [0, 0.1) is 0 Å². The Bertz CT molecular complexity index is 80.7. The van der Waals surface area contributed by atoms with E-state index in [-0.39, 0.29) is 11.0 Å². The lowest BCUT2D eigenvalue weighted by atomic mass is 10.4. The van der Waals surface area contributed by atoms with Gasteiger partial charge in [-0.25, -0.2) is 0 Å². The number of halogens is 4. The maximum absolute atomic E-state index is 5.79. The van der Waals surface area contributed by atoms with Gasteiger partial charge in [0, 0.05) is 11.8 Å². The quantitative estimate of drug-likeness (QED) is 0.555. The maximum atomic E-state index is 5.79. The van der Waals surface area contributed by atoms with Crippen molar-refractivity contribution in [2.24, 2.45) is 0 Å². The minimum Gasteiger partial charge on any atom is -0.285 e. The molecule has 0 heterocycles. The summed E-state index contributed by atoms with van der Waals surface area (Å²) in [6.45, 7) is 0. The minimum atomic E-state index is -0.154. The Morgan fingerprint density at radius 2 is 1.27 bits per heavy atom. The van der Waals surface area contributed by atoms with E-state index in [1.165, 1.54) is 0 Å². The molecular formula is C6H11Cl4N. The van der Waals surface area contributed by atoms with Crippen molar-refractivity contribution >= 4 is 46.4 Å². The fourth-order valence-corrected chi connectivity index (χ4v) is 1.80. The van der Waals surface area contributed by atoms with Crippen molar-refractivity contribution in [1.82, 2.24) is 5.32 Å². The first-order valence-electron chi connectivity index (χ1n) is 3.36. The van der Waals surface area contributed by atoms with Gasteiger partial charge in [0.15, 0.2) is 0 Å². The van der Waals surface area contributed by atoms with Crippen LogP contribution in [-0.4, -0.2) is 22.8 Å². The molecular weight excluding hydrogens is 228 g/mol. The summed E-state index contributed by atoms with van der Waals surface area (Å²) in [4.78, 5) is 0. The van der Waals surface area contributed by atoms with E-state index >= 15 is 0 Å². The Morgan fingerprint density at radius 3 is 1.55 bits per heavy atom. The molecule has 0 spiro atoms. The normalized spacial score (nSPS) is 16.4. The van der Waals surface area contributed by atoms with E-state index in [2.05, 4.69) is 5.32 Å². The van der Waals surface area contributed by atoms with Crippen LogP contribution in [0.2, 0.25) is 0 Å². The van der Waals surface area contributed by atoms with Crippen LogP contribution >= 0.6 is 46.4 Å². The van der Waals surface area contributed by atoms with Crippen LogP contribution in [0.4, 0.5) is 0 Å². The van der Waals surface area contributed by atoms with Crippen LogP contribution in [0.3, 0.4) is 0 Å². The van der Waals surface area contributed by atoms with E-state index < -0.39 is 0 Å². The summed E-state index contributed by atoms with van der Waals surface area (Å²) in [6, 6.07) is 0. The zero-order valence-corrected chi connectivity index (χ0v) is 9.02. The molecule has 5 heteroatoms. The third kappa shape index (κ3) is 7.48. The van der Waals surface area contributed by atoms with E-state index in [4.69, 9.17) is 46.4 Å². The molecule has 0 fully saturated rings. The highest BCUT2D eigenvalue weighted by molar-refractivity contribution is 6.24. The number of alkyl halides is 4. The van der Waals surface area contributed by atoms with Gasteiger partial charge in [0.1, 0.15) is 0 Å². The van der Waals surface area contributed by atoms with Crippen molar-refractivity contribution in [2.75, 3.05) is 11.8 Å². The minimum absolute atomic E-state index is 0.154. The van der Waals surface area contributed by atoms with E-state index in [1.807, 2.05) is 0 Å². The third-order valence-electron chi connectivity index (χ3n) is 1.09. The van der Waals surface area contributed by atoms with Gasteiger partial charge in [-0.15, -0.1) is 46.4 Å². The molecule has 0 aromatic carbocycles. The molecule has 0 saturated heterocycles. The summed E-state index contributed by atoms with van der Waals surface area (Å²) in [7, 11) is 0. The number of hydrogen-bond acceptors (Lipinski definition) is 1. The summed E-state index contributed by atoms with van der Waals surface area (Å²) < 4.78 is 0. The van der Waals surface area contributed by atoms with Crippen LogP contribution in [0.25, 0.3) is 0 Å². The van der Waals surface area contributed by atoms with Gasteiger partial charge in [0.05, 0.1) is 11.0 Å². The average molecular weight is 239 g/mol. The Labute approximate surface area is 87.3 Å². The van der Waals surface area contributed by atoms with E-state index in [0.717, 1.165) is 0 Å². The predicted octanol–water partition coefficient (Wildman–Crippen LogP) is 2.96. The lowest BCUT2D eigenvalue weighted by Crippen LogP contribution is -2.31. The Balaban J connectivity index is 3.32.